The van der Waals surface area contributed by atoms with E-state index in [1.807, 2.05) is 12.1 Å². The third-order valence-corrected chi connectivity index (χ3v) is 3.46. The topological polar surface area (TPSA) is 67.2 Å². The van der Waals surface area contributed by atoms with Crippen LogP contribution in [-0.4, -0.2) is 10.0 Å². The predicted octanol–water partition coefficient (Wildman–Crippen LogP) is 4.04. The molecule has 0 spiro atoms. The number of nitro benzene ring substituents is 1. The molecule has 0 saturated heterocycles. The standard InChI is InChI=1S/C15H14ClN3O2S/c1-10-2-7-13(14(8-10)19(20)21)18-15(22)17-9-11-3-5-12(16)6-4-11/h2-8H,9H2,1H3,(H2,17,18,22). The number of benzene rings is 2. The number of rotatable bonds is 4. The quantitative estimate of drug-likeness (QED) is 0.501. The molecular weight excluding hydrogens is 322 g/mol. The van der Waals surface area contributed by atoms with Crippen LogP contribution in [-0.2, 0) is 6.54 Å². The number of nitrogens with zero attached hydrogens (tertiary/aromatic N) is 1. The van der Waals surface area contributed by atoms with Gasteiger partial charge in [0.15, 0.2) is 5.11 Å². The fourth-order valence-corrected chi connectivity index (χ4v) is 2.16. The molecule has 7 heteroatoms. The number of aryl methyl sites for hydroxylation is 1. The molecule has 0 atom stereocenters. The second-order valence-corrected chi connectivity index (χ2v) is 5.56. The summed E-state index contributed by atoms with van der Waals surface area (Å²) in [6.07, 6.45) is 0. The van der Waals surface area contributed by atoms with Crippen molar-refractivity contribution in [1.82, 2.24) is 5.32 Å². The second-order valence-electron chi connectivity index (χ2n) is 4.71. The molecule has 2 N–H and O–H groups in total. The maximum absolute atomic E-state index is 11.1. The van der Waals surface area contributed by atoms with Crippen LogP contribution in [0.2, 0.25) is 5.02 Å². The van der Waals surface area contributed by atoms with Gasteiger partial charge in [-0.05, 0) is 48.5 Å². The summed E-state index contributed by atoms with van der Waals surface area (Å²) in [6.45, 7) is 2.30. The van der Waals surface area contributed by atoms with Crippen LogP contribution in [0.3, 0.4) is 0 Å². The average molecular weight is 336 g/mol. The molecule has 0 radical (unpaired) electrons. The van der Waals surface area contributed by atoms with Gasteiger partial charge in [-0.15, -0.1) is 0 Å². The molecule has 0 amide bonds. The summed E-state index contributed by atoms with van der Waals surface area (Å²) in [5, 5.41) is 17.9. The van der Waals surface area contributed by atoms with E-state index in [0.29, 0.717) is 22.4 Å². The van der Waals surface area contributed by atoms with Gasteiger partial charge in [0.1, 0.15) is 5.69 Å². The number of anilines is 1. The first-order valence-electron chi connectivity index (χ1n) is 6.50. The minimum Gasteiger partial charge on any atom is -0.358 e. The molecule has 0 fully saturated rings. The highest BCUT2D eigenvalue weighted by Gasteiger charge is 2.14. The third-order valence-electron chi connectivity index (χ3n) is 2.96. The first kappa shape index (κ1) is 16.2. The highest BCUT2D eigenvalue weighted by atomic mass is 35.5. The van der Waals surface area contributed by atoms with Crippen molar-refractivity contribution in [3.05, 3.63) is 68.7 Å². The first-order valence-corrected chi connectivity index (χ1v) is 7.28. The van der Waals surface area contributed by atoms with E-state index in [9.17, 15) is 10.1 Å². The van der Waals surface area contributed by atoms with Gasteiger partial charge in [-0.3, -0.25) is 10.1 Å². The molecule has 0 aliphatic rings. The smallest absolute Gasteiger partial charge is 0.292 e. The van der Waals surface area contributed by atoms with Crippen molar-refractivity contribution in [3.63, 3.8) is 0 Å². The van der Waals surface area contributed by atoms with Gasteiger partial charge in [0, 0.05) is 17.6 Å². The summed E-state index contributed by atoms with van der Waals surface area (Å²) in [7, 11) is 0. The van der Waals surface area contributed by atoms with Crippen LogP contribution in [0.4, 0.5) is 11.4 Å². The highest BCUT2D eigenvalue weighted by molar-refractivity contribution is 7.80. The van der Waals surface area contributed by atoms with E-state index >= 15 is 0 Å². The summed E-state index contributed by atoms with van der Waals surface area (Å²) in [5.41, 5.74) is 2.18. The zero-order chi connectivity index (χ0) is 16.1. The van der Waals surface area contributed by atoms with Crippen LogP contribution >= 0.6 is 23.8 Å². The van der Waals surface area contributed by atoms with Crippen molar-refractivity contribution in [2.75, 3.05) is 5.32 Å². The van der Waals surface area contributed by atoms with Crippen molar-refractivity contribution in [2.24, 2.45) is 0 Å². The normalized spacial score (nSPS) is 10.1. The molecule has 2 rings (SSSR count). The van der Waals surface area contributed by atoms with E-state index < -0.39 is 4.92 Å². The SMILES string of the molecule is Cc1ccc(NC(=S)NCc2ccc(Cl)cc2)c([N+](=O)[O-])c1. The fraction of sp³-hybridized carbons (Fsp3) is 0.133. The molecular formula is C15H14ClN3O2S. The van der Waals surface area contributed by atoms with Gasteiger partial charge in [0.2, 0.25) is 0 Å². The second kappa shape index (κ2) is 7.20. The Labute approximate surface area is 138 Å². The van der Waals surface area contributed by atoms with Gasteiger partial charge in [-0.25, -0.2) is 0 Å². The Bertz CT molecular complexity index is 704. The van der Waals surface area contributed by atoms with Gasteiger partial charge in [0.05, 0.1) is 4.92 Å². The van der Waals surface area contributed by atoms with Crippen molar-refractivity contribution in [3.8, 4) is 0 Å². The van der Waals surface area contributed by atoms with E-state index in [1.165, 1.54) is 6.07 Å². The minimum atomic E-state index is -0.433. The number of halogens is 1. The van der Waals surface area contributed by atoms with Crippen LogP contribution in [0.5, 0.6) is 0 Å². The Hall–Kier alpha value is -2.18. The molecule has 0 saturated carbocycles. The van der Waals surface area contributed by atoms with Crippen molar-refractivity contribution in [1.29, 1.82) is 0 Å². The van der Waals surface area contributed by atoms with Gasteiger partial charge >= 0.3 is 0 Å². The zero-order valence-electron chi connectivity index (χ0n) is 11.8. The summed E-state index contributed by atoms with van der Waals surface area (Å²) >= 11 is 11.0. The Morgan fingerprint density at radius 3 is 2.59 bits per heavy atom. The maximum Gasteiger partial charge on any atom is 0.292 e. The van der Waals surface area contributed by atoms with Crippen molar-refractivity contribution < 1.29 is 4.92 Å². The Morgan fingerprint density at radius 1 is 1.27 bits per heavy atom. The van der Waals surface area contributed by atoms with Crippen LogP contribution in [0, 0.1) is 17.0 Å². The Morgan fingerprint density at radius 2 is 1.95 bits per heavy atom. The summed E-state index contributed by atoms with van der Waals surface area (Å²) in [5.74, 6) is 0. The van der Waals surface area contributed by atoms with E-state index in [1.54, 1.807) is 31.2 Å². The number of hydrogen-bond donors (Lipinski definition) is 2. The molecule has 114 valence electrons. The van der Waals surface area contributed by atoms with Crippen LogP contribution in [0.1, 0.15) is 11.1 Å². The van der Waals surface area contributed by atoms with Crippen molar-refractivity contribution >= 4 is 40.3 Å². The van der Waals surface area contributed by atoms with E-state index in [4.69, 9.17) is 23.8 Å². The van der Waals surface area contributed by atoms with Gasteiger partial charge in [-0.2, -0.15) is 0 Å². The van der Waals surface area contributed by atoms with Crippen LogP contribution in [0.25, 0.3) is 0 Å². The van der Waals surface area contributed by atoms with Crippen LogP contribution in [0.15, 0.2) is 42.5 Å². The number of hydrogen-bond acceptors (Lipinski definition) is 3. The molecule has 0 aliphatic carbocycles. The lowest BCUT2D eigenvalue weighted by atomic mass is 10.2. The molecule has 0 aliphatic heterocycles. The van der Waals surface area contributed by atoms with Gasteiger partial charge in [0.25, 0.3) is 5.69 Å². The van der Waals surface area contributed by atoms with Crippen molar-refractivity contribution in [2.45, 2.75) is 13.5 Å². The lowest BCUT2D eigenvalue weighted by Crippen LogP contribution is -2.28. The van der Waals surface area contributed by atoms with E-state index in [0.717, 1.165) is 11.1 Å². The Balaban J connectivity index is 2.00. The highest BCUT2D eigenvalue weighted by Crippen LogP contribution is 2.25. The summed E-state index contributed by atoms with van der Waals surface area (Å²) in [4.78, 5) is 10.6. The molecule has 0 bridgehead atoms. The average Bonchev–Trinajstić information content (AvgIpc) is 2.48. The first-order chi connectivity index (χ1) is 10.5. The summed E-state index contributed by atoms with van der Waals surface area (Å²) < 4.78 is 0. The number of nitro groups is 1. The van der Waals surface area contributed by atoms with E-state index in [-0.39, 0.29) is 5.69 Å². The number of nitrogens with one attached hydrogen (secondary N) is 2. The molecule has 5 nitrogen and oxygen atoms in total. The molecule has 0 aromatic heterocycles. The molecule has 22 heavy (non-hydrogen) atoms. The van der Waals surface area contributed by atoms with Crippen LogP contribution < -0.4 is 10.6 Å². The predicted molar refractivity (Wildman–Crippen MR) is 92.3 cm³/mol. The molecule has 2 aromatic rings. The molecule has 0 heterocycles. The molecule has 0 unspecified atom stereocenters. The maximum atomic E-state index is 11.1. The number of thiocarbonyl (C=S) groups is 1. The monoisotopic (exact) mass is 335 g/mol. The summed E-state index contributed by atoms with van der Waals surface area (Å²) in [6, 6.07) is 12.3. The largest absolute Gasteiger partial charge is 0.358 e. The van der Waals surface area contributed by atoms with Gasteiger partial charge < -0.3 is 10.6 Å². The zero-order valence-corrected chi connectivity index (χ0v) is 13.4. The van der Waals surface area contributed by atoms with E-state index in [2.05, 4.69) is 10.6 Å². The van der Waals surface area contributed by atoms with Gasteiger partial charge in [-0.1, -0.05) is 29.8 Å². The molecule has 2 aromatic carbocycles. The lowest BCUT2D eigenvalue weighted by Gasteiger charge is -2.11. The fourth-order valence-electron chi connectivity index (χ4n) is 1.85. The minimum absolute atomic E-state index is 0.00403. The Kier molecular flexibility index (Phi) is 5.30. The third kappa shape index (κ3) is 4.41. The lowest BCUT2D eigenvalue weighted by molar-refractivity contribution is -0.383.